The number of hydrogen-bond donors (Lipinski definition) is 1. The number of carbonyl (C=O) groups excluding carboxylic acids is 2. The second-order valence-electron chi connectivity index (χ2n) is 4.76. The molecule has 1 aliphatic rings. The molecule has 20 heavy (non-hydrogen) atoms. The van der Waals surface area contributed by atoms with Crippen LogP contribution in [0.15, 0.2) is 24.3 Å². The number of nitrogens with one attached hydrogen (secondary N) is 1. The lowest BCUT2D eigenvalue weighted by Gasteiger charge is -2.23. The van der Waals surface area contributed by atoms with Gasteiger partial charge in [-0.25, -0.2) is 4.79 Å². The van der Waals surface area contributed by atoms with E-state index in [9.17, 15) is 9.59 Å². The molecule has 5 nitrogen and oxygen atoms in total. The summed E-state index contributed by atoms with van der Waals surface area (Å²) in [4.78, 5) is 26.0. The third kappa shape index (κ3) is 2.76. The molecule has 0 radical (unpaired) electrons. The zero-order chi connectivity index (χ0) is 14.5. The van der Waals surface area contributed by atoms with E-state index < -0.39 is 6.04 Å². The summed E-state index contributed by atoms with van der Waals surface area (Å²) in [6, 6.07) is 6.92. The molecule has 1 heterocycles. The molecule has 1 aliphatic heterocycles. The van der Waals surface area contributed by atoms with Crippen molar-refractivity contribution in [3.8, 4) is 0 Å². The molecule has 1 unspecified atom stereocenters. The summed E-state index contributed by atoms with van der Waals surface area (Å²) in [6.45, 7) is 3.32. The molecule has 0 aliphatic carbocycles. The average Bonchev–Trinajstić information content (AvgIpc) is 2.96. The summed E-state index contributed by atoms with van der Waals surface area (Å²) < 4.78 is 4.78. The highest BCUT2D eigenvalue weighted by molar-refractivity contribution is 6.01. The number of hydrogen-bond acceptors (Lipinski definition) is 4. The van der Waals surface area contributed by atoms with Crippen LogP contribution >= 0.6 is 0 Å². The van der Waals surface area contributed by atoms with Gasteiger partial charge < -0.3 is 15.0 Å². The topological polar surface area (TPSA) is 58.6 Å². The maximum absolute atomic E-state index is 12.7. The van der Waals surface area contributed by atoms with Gasteiger partial charge in [-0.05, 0) is 31.9 Å². The third-order valence-electron chi connectivity index (χ3n) is 3.51. The minimum Gasteiger partial charge on any atom is -0.467 e. The molecule has 5 heteroatoms. The molecule has 0 bridgehead atoms. The Balaban J connectivity index is 2.24. The minimum absolute atomic E-state index is 0.116. The fourth-order valence-electron chi connectivity index (χ4n) is 2.56. The number of carbonyl (C=O) groups is 2. The van der Waals surface area contributed by atoms with Crippen molar-refractivity contribution in [2.75, 3.05) is 25.5 Å². The standard InChI is InChI=1S/C15H20N2O3/c1-3-16-12-8-5-4-7-11(12)14(18)17-10-6-9-13(17)15(19)20-2/h4-5,7-8,13,16H,3,6,9-10H2,1-2H3. The molecular formula is C15H20N2O3. The Hall–Kier alpha value is -2.04. The van der Waals surface area contributed by atoms with E-state index in [0.29, 0.717) is 18.5 Å². The van der Waals surface area contributed by atoms with Gasteiger partial charge in [0.25, 0.3) is 5.91 Å². The number of methoxy groups -OCH3 is 1. The van der Waals surface area contributed by atoms with Crippen molar-refractivity contribution in [3.63, 3.8) is 0 Å². The average molecular weight is 276 g/mol. The van der Waals surface area contributed by atoms with E-state index in [2.05, 4.69) is 5.32 Å². The number of nitrogens with zero attached hydrogens (tertiary/aromatic N) is 1. The van der Waals surface area contributed by atoms with Crippen LogP contribution in [-0.2, 0) is 9.53 Å². The van der Waals surface area contributed by atoms with Crippen molar-refractivity contribution < 1.29 is 14.3 Å². The van der Waals surface area contributed by atoms with Crippen LogP contribution < -0.4 is 5.32 Å². The van der Waals surface area contributed by atoms with Crippen molar-refractivity contribution >= 4 is 17.6 Å². The lowest BCUT2D eigenvalue weighted by molar-refractivity contribution is -0.145. The number of ether oxygens (including phenoxy) is 1. The van der Waals surface area contributed by atoms with Gasteiger partial charge in [-0.3, -0.25) is 4.79 Å². The van der Waals surface area contributed by atoms with Crippen LogP contribution in [0, 0.1) is 0 Å². The Morgan fingerprint density at radius 3 is 2.85 bits per heavy atom. The molecule has 0 spiro atoms. The molecule has 2 rings (SSSR count). The van der Waals surface area contributed by atoms with Crippen LogP contribution in [0.1, 0.15) is 30.1 Å². The molecule has 0 saturated carbocycles. The first-order chi connectivity index (χ1) is 9.69. The zero-order valence-electron chi connectivity index (χ0n) is 11.9. The quantitative estimate of drug-likeness (QED) is 0.853. The Morgan fingerprint density at radius 2 is 2.15 bits per heavy atom. The fraction of sp³-hybridized carbons (Fsp3) is 0.467. The van der Waals surface area contributed by atoms with Gasteiger partial charge in [0.2, 0.25) is 0 Å². The van der Waals surface area contributed by atoms with Gasteiger partial charge in [-0.1, -0.05) is 12.1 Å². The number of esters is 1. The second-order valence-corrected chi connectivity index (χ2v) is 4.76. The van der Waals surface area contributed by atoms with E-state index in [1.165, 1.54) is 7.11 Å². The predicted molar refractivity (Wildman–Crippen MR) is 76.7 cm³/mol. The zero-order valence-corrected chi connectivity index (χ0v) is 11.9. The summed E-state index contributed by atoms with van der Waals surface area (Å²) in [6.07, 6.45) is 1.50. The van der Waals surface area contributed by atoms with Crippen LogP contribution in [0.25, 0.3) is 0 Å². The second kappa shape index (κ2) is 6.41. The first-order valence-corrected chi connectivity index (χ1v) is 6.90. The Labute approximate surface area is 118 Å². The predicted octanol–water partition coefficient (Wildman–Crippen LogP) is 1.90. The normalized spacial score (nSPS) is 17.9. The SMILES string of the molecule is CCNc1ccccc1C(=O)N1CCCC1C(=O)OC. The lowest BCUT2D eigenvalue weighted by atomic mass is 10.1. The van der Waals surface area contributed by atoms with Crippen molar-refractivity contribution in [2.24, 2.45) is 0 Å². The molecule has 1 fully saturated rings. The molecular weight excluding hydrogens is 256 g/mol. The molecule has 1 aromatic carbocycles. The van der Waals surface area contributed by atoms with Crippen molar-refractivity contribution in [2.45, 2.75) is 25.8 Å². The van der Waals surface area contributed by atoms with E-state index in [4.69, 9.17) is 4.74 Å². The smallest absolute Gasteiger partial charge is 0.328 e. The van der Waals surface area contributed by atoms with E-state index >= 15 is 0 Å². The summed E-state index contributed by atoms with van der Waals surface area (Å²) in [7, 11) is 1.36. The number of para-hydroxylation sites is 1. The Kier molecular flexibility index (Phi) is 4.61. The Bertz CT molecular complexity index is 502. The van der Waals surface area contributed by atoms with Crippen LogP contribution in [-0.4, -0.2) is 43.0 Å². The van der Waals surface area contributed by atoms with Crippen LogP contribution in [0.4, 0.5) is 5.69 Å². The summed E-state index contributed by atoms with van der Waals surface area (Å²) in [5.41, 5.74) is 1.40. The molecule has 1 aromatic rings. The lowest BCUT2D eigenvalue weighted by Crippen LogP contribution is -2.41. The molecule has 1 atom stereocenters. The highest BCUT2D eigenvalue weighted by Gasteiger charge is 2.35. The highest BCUT2D eigenvalue weighted by Crippen LogP contribution is 2.24. The number of rotatable bonds is 4. The molecule has 0 aromatic heterocycles. The van der Waals surface area contributed by atoms with E-state index in [1.54, 1.807) is 11.0 Å². The number of amides is 1. The summed E-state index contributed by atoms with van der Waals surface area (Å²) in [5.74, 6) is -0.453. The molecule has 1 saturated heterocycles. The molecule has 1 amide bonds. The van der Waals surface area contributed by atoms with Gasteiger partial charge in [0.15, 0.2) is 0 Å². The number of anilines is 1. The third-order valence-corrected chi connectivity index (χ3v) is 3.51. The van der Waals surface area contributed by atoms with Crippen LogP contribution in [0.2, 0.25) is 0 Å². The molecule has 1 N–H and O–H groups in total. The maximum Gasteiger partial charge on any atom is 0.328 e. The van der Waals surface area contributed by atoms with E-state index in [1.807, 2.05) is 25.1 Å². The van der Waals surface area contributed by atoms with E-state index in [-0.39, 0.29) is 11.9 Å². The van der Waals surface area contributed by atoms with Crippen molar-refractivity contribution in [3.05, 3.63) is 29.8 Å². The van der Waals surface area contributed by atoms with Gasteiger partial charge in [0.1, 0.15) is 6.04 Å². The highest BCUT2D eigenvalue weighted by atomic mass is 16.5. The van der Waals surface area contributed by atoms with Crippen molar-refractivity contribution in [1.82, 2.24) is 4.90 Å². The number of likely N-dealkylation sites (tertiary alicyclic amines) is 1. The minimum atomic E-state index is -0.456. The first kappa shape index (κ1) is 14.4. The fourth-order valence-corrected chi connectivity index (χ4v) is 2.56. The van der Waals surface area contributed by atoms with Crippen LogP contribution in [0.5, 0.6) is 0 Å². The summed E-state index contributed by atoms with van der Waals surface area (Å²) in [5, 5.41) is 3.17. The van der Waals surface area contributed by atoms with Gasteiger partial charge in [-0.2, -0.15) is 0 Å². The van der Waals surface area contributed by atoms with Gasteiger partial charge in [0.05, 0.1) is 12.7 Å². The van der Waals surface area contributed by atoms with Gasteiger partial charge in [-0.15, -0.1) is 0 Å². The van der Waals surface area contributed by atoms with Crippen molar-refractivity contribution in [1.29, 1.82) is 0 Å². The number of benzene rings is 1. The summed E-state index contributed by atoms with van der Waals surface area (Å²) >= 11 is 0. The molecule has 108 valence electrons. The van der Waals surface area contributed by atoms with Crippen LogP contribution in [0.3, 0.4) is 0 Å². The van der Waals surface area contributed by atoms with E-state index in [0.717, 1.165) is 18.7 Å². The van der Waals surface area contributed by atoms with Gasteiger partial charge in [0, 0.05) is 18.8 Å². The Morgan fingerprint density at radius 1 is 1.40 bits per heavy atom. The largest absolute Gasteiger partial charge is 0.467 e. The van der Waals surface area contributed by atoms with Gasteiger partial charge >= 0.3 is 5.97 Å². The monoisotopic (exact) mass is 276 g/mol. The maximum atomic E-state index is 12.7. The first-order valence-electron chi connectivity index (χ1n) is 6.90.